The Morgan fingerprint density at radius 3 is 2.69 bits per heavy atom. The fourth-order valence-corrected chi connectivity index (χ4v) is 6.71. The second-order valence-electron chi connectivity index (χ2n) is 7.84. The number of esters is 1. The molecular weight excluding hydrogens is 404 g/mol. The molecule has 1 fully saturated rings. The van der Waals surface area contributed by atoms with E-state index in [0.29, 0.717) is 10.6 Å². The molecule has 7 heteroatoms. The first kappa shape index (κ1) is 20.4. The van der Waals surface area contributed by atoms with E-state index < -0.39 is 0 Å². The fourth-order valence-electron chi connectivity index (χ4n) is 4.42. The number of rotatable bonds is 3. The highest BCUT2D eigenvalue weighted by atomic mass is 32.1. The van der Waals surface area contributed by atoms with E-state index in [4.69, 9.17) is 4.74 Å². The summed E-state index contributed by atoms with van der Waals surface area (Å²) >= 11 is 3.32. The number of nitrogens with one attached hydrogen (secondary N) is 1. The van der Waals surface area contributed by atoms with Crippen molar-refractivity contribution in [2.24, 2.45) is 0 Å². The van der Waals surface area contributed by atoms with Crippen LogP contribution in [-0.2, 0) is 17.6 Å². The van der Waals surface area contributed by atoms with Crippen molar-refractivity contribution in [2.45, 2.75) is 64.3 Å². The summed E-state index contributed by atoms with van der Waals surface area (Å²) in [5, 5.41) is 3.75. The number of hydrogen-bond donors (Lipinski definition) is 1. The number of carbonyl (C=O) groups excluding carboxylic acids is 2. The van der Waals surface area contributed by atoms with Crippen LogP contribution in [0.5, 0.6) is 0 Å². The SMILES string of the molecule is COC(=O)c1c(NC(=O)N2CCCCCC2c2ccc(C)s2)sc2c1CCCC2. The average molecular weight is 433 g/mol. The quantitative estimate of drug-likeness (QED) is 0.611. The van der Waals surface area contributed by atoms with Gasteiger partial charge in [0.25, 0.3) is 0 Å². The Balaban J connectivity index is 1.62. The van der Waals surface area contributed by atoms with E-state index in [-0.39, 0.29) is 18.0 Å². The average Bonchev–Trinajstić information content (AvgIpc) is 3.21. The first-order chi connectivity index (χ1) is 14.1. The lowest BCUT2D eigenvalue weighted by Gasteiger charge is -2.29. The third-order valence-electron chi connectivity index (χ3n) is 5.88. The minimum Gasteiger partial charge on any atom is -0.465 e. The van der Waals surface area contributed by atoms with Crippen LogP contribution in [0, 0.1) is 6.92 Å². The summed E-state index contributed by atoms with van der Waals surface area (Å²) in [4.78, 5) is 31.6. The van der Waals surface area contributed by atoms with Crippen LogP contribution in [0.1, 0.15) is 75.1 Å². The molecule has 2 aliphatic rings. The van der Waals surface area contributed by atoms with Gasteiger partial charge in [-0.25, -0.2) is 9.59 Å². The van der Waals surface area contributed by atoms with E-state index in [1.807, 2.05) is 4.90 Å². The highest BCUT2D eigenvalue weighted by Gasteiger charge is 2.31. The van der Waals surface area contributed by atoms with Gasteiger partial charge in [-0.15, -0.1) is 22.7 Å². The number of urea groups is 1. The Hall–Kier alpha value is -1.86. The molecule has 1 atom stereocenters. The maximum absolute atomic E-state index is 13.4. The lowest BCUT2D eigenvalue weighted by molar-refractivity contribution is 0.0601. The van der Waals surface area contributed by atoms with Gasteiger partial charge in [0.15, 0.2) is 0 Å². The van der Waals surface area contributed by atoms with Crippen molar-refractivity contribution >= 4 is 39.7 Å². The zero-order chi connectivity index (χ0) is 20.4. The summed E-state index contributed by atoms with van der Waals surface area (Å²) < 4.78 is 5.05. The Bertz CT molecular complexity index is 902. The van der Waals surface area contributed by atoms with E-state index in [9.17, 15) is 9.59 Å². The van der Waals surface area contributed by atoms with Crippen LogP contribution in [0.4, 0.5) is 9.80 Å². The number of methoxy groups -OCH3 is 1. The van der Waals surface area contributed by atoms with Crippen LogP contribution in [0.3, 0.4) is 0 Å². The third kappa shape index (κ3) is 4.21. The second kappa shape index (κ2) is 8.88. The van der Waals surface area contributed by atoms with Crippen molar-refractivity contribution < 1.29 is 14.3 Å². The zero-order valence-corrected chi connectivity index (χ0v) is 18.7. The lowest BCUT2D eigenvalue weighted by atomic mass is 9.95. The molecule has 0 aromatic carbocycles. The van der Waals surface area contributed by atoms with E-state index >= 15 is 0 Å². The molecule has 29 heavy (non-hydrogen) atoms. The molecule has 2 aromatic rings. The maximum atomic E-state index is 13.4. The summed E-state index contributed by atoms with van der Waals surface area (Å²) in [6.07, 6.45) is 8.34. The molecule has 1 N–H and O–H groups in total. The van der Waals surface area contributed by atoms with Gasteiger partial charge in [-0.2, -0.15) is 0 Å². The van der Waals surface area contributed by atoms with E-state index in [0.717, 1.165) is 63.5 Å². The van der Waals surface area contributed by atoms with Crippen LogP contribution >= 0.6 is 22.7 Å². The molecule has 1 saturated heterocycles. The van der Waals surface area contributed by atoms with Gasteiger partial charge in [-0.1, -0.05) is 12.8 Å². The molecule has 1 aliphatic carbocycles. The topological polar surface area (TPSA) is 58.6 Å². The van der Waals surface area contributed by atoms with E-state index in [2.05, 4.69) is 24.4 Å². The number of hydrogen-bond acceptors (Lipinski definition) is 5. The van der Waals surface area contributed by atoms with Gasteiger partial charge in [0.2, 0.25) is 0 Å². The molecule has 2 amide bonds. The molecule has 5 nitrogen and oxygen atoms in total. The van der Waals surface area contributed by atoms with Gasteiger partial charge < -0.3 is 9.64 Å². The van der Waals surface area contributed by atoms with Crippen molar-refractivity contribution in [2.75, 3.05) is 19.0 Å². The van der Waals surface area contributed by atoms with Crippen LogP contribution in [0.25, 0.3) is 0 Å². The molecule has 1 aliphatic heterocycles. The van der Waals surface area contributed by atoms with Crippen LogP contribution in [0.15, 0.2) is 12.1 Å². The Kier molecular flexibility index (Phi) is 6.25. The summed E-state index contributed by atoms with van der Waals surface area (Å²) in [6.45, 7) is 2.85. The number of amides is 2. The summed E-state index contributed by atoms with van der Waals surface area (Å²) in [5.74, 6) is -0.346. The summed E-state index contributed by atoms with van der Waals surface area (Å²) in [6, 6.07) is 4.28. The monoisotopic (exact) mass is 432 g/mol. The van der Waals surface area contributed by atoms with Crippen LogP contribution in [0.2, 0.25) is 0 Å². The summed E-state index contributed by atoms with van der Waals surface area (Å²) in [5.41, 5.74) is 1.64. The largest absolute Gasteiger partial charge is 0.465 e. The minimum absolute atomic E-state index is 0.104. The molecule has 0 bridgehead atoms. The maximum Gasteiger partial charge on any atom is 0.341 e. The van der Waals surface area contributed by atoms with Gasteiger partial charge in [0, 0.05) is 21.2 Å². The molecule has 0 radical (unpaired) electrons. The normalized spacial score (nSPS) is 19.4. The molecule has 3 heterocycles. The highest BCUT2D eigenvalue weighted by molar-refractivity contribution is 7.17. The number of aryl methyl sites for hydroxylation is 2. The second-order valence-corrected chi connectivity index (χ2v) is 10.3. The van der Waals surface area contributed by atoms with Crippen molar-refractivity contribution in [3.8, 4) is 0 Å². The molecular formula is C22H28N2O3S2. The van der Waals surface area contributed by atoms with Gasteiger partial charge >= 0.3 is 12.0 Å². The molecule has 2 aromatic heterocycles. The van der Waals surface area contributed by atoms with E-state index in [1.54, 1.807) is 22.7 Å². The molecule has 156 valence electrons. The Labute approximate surface area is 180 Å². The molecule has 4 rings (SSSR count). The molecule has 0 spiro atoms. The molecule has 1 unspecified atom stereocenters. The first-order valence-electron chi connectivity index (χ1n) is 10.4. The first-order valence-corrected chi connectivity index (χ1v) is 12.1. The van der Waals surface area contributed by atoms with Gasteiger partial charge in [0.05, 0.1) is 18.7 Å². The predicted molar refractivity (Wildman–Crippen MR) is 118 cm³/mol. The van der Waals surface area contributed by atoms with Gasteiger partial charge in [-0.05, 0) is 63.1 Å². The van der Waals surface area contributed by atoms with Gasteiger partial charge in [0.1, 0.15) is 5.00 Å². The van der Waals surface area contributed by atoms with Gasteiger partial charge in [-0.3, -0.25) is 5.32 Å². The van der Waals surface area contributed by atoms with Crippen molar-refractivity contribution in [3.63, 3.8) is 0 Å². The Morgan fingerprint density at radius 1 is 1.10 bits per heavy atom. The third-order valence-corrected chi connectivity index (χ3v) is 8.19. The minimum atomic E-state index is -0.346. The van der Waals surface area contributed by atoms with Crippen molar-refractivity contribution in [3.05, 3.63) is 37.9 Å². The zero-order valence-electron chi connectivity index (χ0n) is 17.1. The number of fused-ring (bicyclic) bond motifs is 1. The van der Waals surface area contributed by atoms with Crippen molar-refractivity contribution in [1.29, 1.82) is 0 Å². The number of carbonyl (C=O) groups is 2. The number of anilines is 1. The van der Waals surface area contributed by atoms with E-state index in [1.165, 1.54) is 21.7 Å². The smallest absolute Gasteiger partial charge is 0.341 e. The number of thiophene rings is 2. The number of likely N-dealkylation sites (tertiary alicyclic amines) is 1. The van der Waals surface area contributed by atoms with Crippen LogP contribution < -0.4 is 5.32 Å². The highest BCUT2D eigenvalue weighted by Crippen LogP contribution is 2.40. The predicted octanol–water partition coefficient (Wildman–Crippen LogP) is 5.93. The number of nitrogens with zero attached hydrogens (tertiary/aromatic N) is 1. The molecule has 0 saturated carbocycles. The van der Waals surface area contributed by atoms with Crippen LogP contribution in [-0.4, -0.2) is 30.6 Å². The standard InChI is InChI=1S/C22H28N2O3S2/c1-14-11-12-18(28-14)16-9-4-3-7-13-24(16)22(26)23-20-19(21(25)27-2)15-8-5-6-10-17(15)29-20/h11-12,16H,3-10,13H2,1-2H3,(H,23,26). The number of ether oxygens (including phenoxy) is 1. The Morgan fingerprint density at radius 2 is 1.93 bits per heavy atom. The fraction of sp³-hybridized carbons (Fsp3) is 0.545. The summed E-state index contributed by atoms with van der Waals surface area (Å²) in [7, 11) is 1.41. The lowest BCUT2D eigenvalue weighted by Crippen LogP contribution is -2.37. The van der Waals surface area contributed by atoms with Crippen molar-refractivity contribution in [1.82, 2.24) is 4.90 Å².